The highest BCUT2D eigenvalue weighted by molar-refractivity contribution is 5.74. The highest BCUT2D eigenvalue weighted by atomic mass is 16.2. The van der Waals surface area contributed by atoms with Crippen LogP contribution in [-0.4, -0.2) is 30.6 Å². The number of carbonyl (C=O) groups excluding carboxylic acids is 1. The van der Waals surface area contributed by atoms with Gasteiger partial charge in [-0.1, -0.05) is 33.1 Å². The molecule has 1 rings (SSSR count). The van der Waals surface area contributed by atoms with E-state index in [2.05, 4.69) is 19.2 Å². The first-order valence-electron chi connectivity index (χ1n) is 6.80. The SMILES string of the molecule is CCCCNC(=O)N1CCC(CCC)CC1. The number of hydrogen-bond acceptors (Lipinski definition) is 1. The van der Waals surface area contributed by atoms with Crippen LogP contribution in [-0.2, 0) is 0 Å². The zero-order chi connectivity index (χ0) is 11.8. The van der Waals surface area contributed by atoms with E-state index in [-0.39, 0.29) is 6.03 Å². The molecule has 0 spiro atoms. The van der Waals surface area contributed by atoms with Crippen molar-refractivity contribution in [1.29, 1.82) is 0 Å². The molecule has 3 nitrogen and oxygen atoms in total. The van der Waals surface area contributed by atoms with Crippen molar-refractivity contribution < 1.29 is 4.79 Å². The Hall–Kier alpha value is -0.730. The maximum atomic E-state index is 11.8. The van der Waals surface area contributed by atoms with Gasteiger partial charge in [-0.25, -0.2) is 4.79 Å². The van der Waals surface area contributed by atoms with Crippen LogP contribution in [0.25, 0.3) is 0 Å². The molecule has 1 aliphatic rings. The number of urea groups is 1. The van der Waals surface area contributed by atoms with Crippen LogP contribution in [0.3, 0.4) is 0 Å². The van der Waals surface area contributed by atoms with Gasteiger partial charge in [0.15, 0.2) is 0 Å². The highest BCUT2D eigenvalue weighted by Gasteiger charge is 2.21. The molecule has 16 heavy (non-hydrogen) atoms. The number of hydrogen-bond donors (Lipinski definition) is 1. The summed E-state index contributed by atoms with van der Waals surface area (Å²) in [5, 5.41) is 2.99. The molecular formula is C13H26N2O. The summed E-state index contributed by atoms with van der Waals surface area (Å²) < 4.78 is 0. The minimum absolute atomic E-state index is 0.142. The average molecular weight is 226 g/mol. The van der Waals surface area contributed by atoms with Crippen molar-refractivity contribution in [2.24, 2.45) is 5.92 Å². The minimum atomic E-state index is 0.142. The van der Waals surface area contributed by atoms with Gasteiger partial charge in [-0.05, 0) is 25.2 Å². The summed E-state index contributed by atoms with van der Waals surface area (Å²) in [6.45, 7) is 7.10. The quantitative estimate of drug-likeness (QED) is 0.718. The summed E-state index contributed by atoms with van der Waals surface area (Å²) >= 11 is 0. The van der Waals surface area contributed by atoms with Crippen molar-refractivity contribution >= 4 is 6.03 Å². The lowest BCUT2D eigenvalue weighted by atomic mass is 9.93. The van der Waals surface area contributed by atoms with Crippen LogP contribution in [0.15, 0.2) is 0 Å². The molecular weight excluding hydrogens is 200 g/mol. The first-order valence-corrected chi connectivity index (χ1v) is 6.80. The molecule has 1 saturated heterocycles. The van der Waals surface area contributed by atoms with E-state index in [1.54, 1.807) is 0 Å². The zero-order valence-electron chi connectivity index (χ0n) is 10.8. The van der Waals surface area contributed by atoms with E-state index >= 15 is 0 Å². The predicted octanol–water partition coefficient (Wildman–Crippen LogP) is 3.01. The smallest absolute Gasteiger partial charge is 0.317 e. The Morgan fingerprint density at radius 1 is 1.25 bits per heavy atom. The van der Waals surface area contributed by atoms with Crippen molar-refractivity contribution in [1.82, 2.24) is 10.2 Å². The summed E-state index contributed by atoms with van der Waals surface area (Å²) in [5.74, 6) is 0.852. The first-order chi connectivity index (χ1) is 7.77. The van der Waals surface area contributed by atoms with Crippen molar-refractivity contribution in [2.45, 2.75) is 52.4 Å². The third-order valence-electron chi connectivity index (χ3n) is 3.41. The Balaban J connectivity index is 2.17. The monoisotopic (exact) mass is 226 g/mol. The van der Waals surface area contributed by atoms with Gasteiger partial charge in [0.05, 0.1) is 0 Å². The second kappa shape index (κ2) is 7.53. The second-order valence-electron chi connectivity index (χ2n) is 4.80. The number of carbonyl (C=O) groups is 1. The maximum absolute atomic E-state index is 11.8. The van der Waals surface area contributed by atoms with Gasteiger partial charge in [-0.3, -0.25) is 0 Å². The Bertz CT molecular complexity index is 198. The molecule has 0 atom stereocenters. The summed E-state index contributed by atoms with van der Waals surface area (Å²) in [6.07, 6.45) is 7.19. The Morgan fingerprint density at radius 3 is 2.50 bits per heavy atom. The predicted molar refractivity (Wildman–Crippen MR) is 67.5 cm³/mol. The fraction of sp³-hybridized carbons (Fsp3) is 0.923. The lowest BCUT2D eigenvalue weighted by molar-refractivity contribution is 0.168. The first kappa shape index (κ1) is 13.3. The van der Waals surface area contributed by atoms with Gasteiger partial charge in [-0.2, -0.15) is 0 Å². The Kier molecular flexibility index (Phi) is 6.27. The number of nitrogens with one attached hydrogen (secondary N) is 1. The fourth-order valence-corrected chi connectivity index (χ4v) is 2.32. The molecule has 2 amide bonds. The largest absolute Gasteiger partial charge is 0.338 e. The van der Waals surface area contributed by atoms with Crippen LogP contribution >= 0.6 is 0 Å². The van der Waals surface area contributed by atoms with Gasteiger partial charge < -0.3 is 10.2 Å². The van der Waals surface area contributed by atoms with E-state index in [9.17, 15) is 4.79 Å². The van der Waals surface area contributed by atoms with E-state index in [0.29, 0.717) is 0 Å². The van der Waals surface area contributed by atoms with E-state index in [1.165, 1.54) is 25.7 Å². The standard InChI is InChI=1S/C13H26N2O/c1-3-5-9-14-13(16)15-10-7-12(6-4-2)8-11-15/h12H,3-11H2,1-2H3,(H,14,16). The number of unbranched alkanes of at least 4 members (excludes halogenated alkanes) is 1. The second-order valence-corrected chi connectivity index (χ2v) is 4.80. The third kappa shape index (κ3) is 4.42. The molecule has 1 N–H and O–H groups in total. The zero-order valence-corrected chi connectivity index (χ0v) is 10.8. The van der Waals surface area contributed by atoms with Gasteiger partial charge in [0.2, 0.25) is 0 Å². The molecule has 1 heterocycles. The van der Waals surface area contributed by atoms with E-state index in [0.717, 1.165) is 38.4 Å². The summed E-state index contributed by atoms with van der Waals surface area (Å²) in [7, 11) is 0. The average Bonchev–Trinajstić information content (AvgIpc) is 2.30. The van der Waals surface area contributed by atoms with Gasteiger partial charge in [-0.15, -0.1) is 0 Å². The lowest BCUT2D eigenvalue weighted by Crippen LogP contribution is -2.44. The van der Waals surface area contributed by atoms with E-state index < -0.39 is 0 Å². The van der Waals surface area contributed by atoms with Crippen molar-refractivity contribution in [3.05, 3.63) is 0 Å². The molecule has 1 fully saturated rings. The molecule has 0 radical (unpaired) electrons. The molecule has 0 bridgehead atoms. The summed E-state index contributed by atoms with van der Waals surface area (Å²) in [4.78, 5) is 13.7. The van der Waals surface area contributed by atoms with Crippen LogP contribution in [0, 0.1) is 5.92 Å². The maximum Gasteiger partial charge on any atom is 0.317 e. The van der Waals surface area contributed by atoms with E-state index in [4.69, 9.17) is 0 Å². The van der Waals surface area contributed by atoms with Crippen LogP contribution in [0.2, 0.25) is 0 Å². The van der Waals surface area contributed by atoms with Crippen molar-refractivity contribution in [3.8, 4) is 0 Å². The molecule has 1 aliphatic heterocycles. The third-order valence-corrected chi connectivity index (χ3v) is 3.41. The number of nitrogens with zero attached hydrogens (tertiary/aromatic N) is 1. The molecule has 0 aromatic heterocycles. The normalized spacial score (nSPS) is 17.5. The summed E-state index contributed by atoms with van der Waals surface area (Å²) in [5.41, 5.74) is 0. The van der Waals surface area contributed by atoms with Crippen LogP contribution < -0.4 is 5.32 Å². The molecule has 94 valence electrons. The van der Waals surface area contributed by atoms with Gasteiger partial charge in [0.1, 0.15) is 0 Å². The van der Waals surface area contributed by atoms with E-state index in [1.807, 2.05) is 4.90 Å². The van der Waals surface area contributed by atoms with Crippen LogP contribution in [0.4, 0.5) is 4.79 Å². The Labute approximate surface area is 99.6 Å². The summed E-state index contributed by atoms with van der Waals surface area (Å²) in [6, 6.07) is 0.142. The topological polar surface area (TPSA) is 32.3 Å². The molecule has 0 aromatic carbocycles. The van der Waals surface area contributed by atoms with Crippen molar-refractivity contribution in [2.75, 3.05) is 19.6 Å². The molecule has 0 aliphatic carbocycles. The molecule has 0 unspecified atom stereocenters. The minimum Gasteiger partial charge on any atom is -0.338 e. The number of likely N-dealkylation sites (tertiary alicyclic amines) is 1. The van der Waals surface area contributed by atoms with Crippen LogP contribution in [0.5, 0.6) is 0 Å². The van der Waals surface area contributed by atoms with Gasteiger partial charge >= 0.3 is 6.03 Å². The fourth-order valence-electron chi connectivity index (χ4n) is 2.32. The number of rotatable bonds is 5. The molecule has 0 aromatic rings. The van der Waals surface area contributed by atoms with Crippen molar-refractivity contribution in [3.63, 3.8) is 0 Å². The van der Waals surface area contributed by atoms with Gasteiger partial charge in [0.25, 0.3) is 0 Å². The highest BCUT2D eigenvalue weighted by Crippen LogP contribution is 2.21. The number of amides is 2. The lowest BCUT2D eigenvalue weighted by Gasteiger charge is -2.31. The molecule has 0 saturated carbocycles. The van der Waals surface area contributed by atoms with Crippen LogP contribution in [0.1, 0.15) is 52.4 Å². The molecule has 3 heteroatoms. The van der Waals surface area contributed by atoms with Gasteiger partial charge in [0, 0.05) is 19.6 Å². The number of piperidine rings is 1. The Morgan fingerprint density at radius 2 is 1.94 bits per heavy atom.